The molecule has 0 radical (unpaired) electrons. The van der Waals surface area contributed by atoms with Crippen LogP contribution in [0.3, 0.4) is 0 Å². The van der Waals surface area contributed by atoms with Gasteiger partial charge in [0.05, 0.1) is 41.9 Å². The molecule has 20 rings (SSSR count). The van der Waals surface area contributed by atoms with Crippen LogP contribution >= 0.6 is 23.2 Å². The van der Waals surface area contributed by atoms with Gasteiger partial charge in [-0.3, -0.25) is 0 Å². The van der Waals surface area contributed by atoms with E-state index in [2.05, 4.69) is 68.0 Å². The molecular formula is C89H66Cl2F5N15O15. The summed E-state index contributed by atoms with van der Waals surface area (Å²) in [7, 11) is 0. The molecule has 0 amide bonds. The lowest BCUT2D eigenvalue weighted by atomic mass is 9.98. The van der Waals surface area contributed by atoms with Gasteiger partial charge >= 0.3 is 36.0 Å². The summed E-state index contributed by atoms with van der Waals surface area (Å²) in [6.07, 6.45) is 0.280. The second-order valence-electron chi connectivity index (χ2n) is 28.8. The summed E-state index contributed by atoms with van der Waals surface area (Å²) in [5.41, 5.74) is 38.6. The van der Waals surface area contributed by atoms with Crippen LogP contribution in [0.15, 0.2) is 217 Å². The summed E-state index contributed by atoms with van der Waals surface area (Å²) in [5, 5.41) is 0.248. The summed E-state index contributed by atoms with van der Waals surface area (Å²) < 4.78 is 122. The van der Waals surface area contributed by atoms with Crippen molar-refractivity contribution in [3.05, 3.63) is 323 Å². The number of nitrogens with zero attached hydrogens (tertiary/aromatic N) is 10. The number of aromatic nitrogens is 10. The Morgan fingerprint density at radius 3 is 1.00 bits per heavy atom. The van der Waals surface area contributed by atoms with Gasteiger partial charge in [0.25, 0.3) is 0 Å². The van der Waals surface area contributed by atoms with Gasteiger partial charge in [0, 0.05) is 42.7 Å². The Labute approximate surface area is 719 Å². The number of hydrogen-bond donors (Lipinski definition) is 5. The molecular weight excluding hydrogens is 1680 g/mol. The standard InChI is InChI=1S/C19H17N3O3.C18H12F3N3O3.C18H15N3O3.2C17H11ClFN3O3/c1-10-6-11(2)8-12(7-10)9-14-17-15(18(23)25-14)16(21-19(20)22-17)13-4-3-5-24-13;19-18(20,21)10-5-2-1-4-9(10)8-12-15-13(16(25)27-12)14(23-17(22)24-15)11-6-3-7-26-11;1-10-5-2-3-6-11(10)9-13-16-14(17(22)24-13)15(20-18(19)21-16)12-7-4-8-23-12;18-9-3-1-4-10(19)8(9)7-12-15-13(16(23)25-12)14(21-17(20)22-15)11-5-2-6-24-11;18-9-4-1-3-8(13(9)19)7-11-15-12(16(23)25-11)14(21-17(20)22-15)10-5-2-6-24-10/h3-8,14H,9H2,1-2H3,(H2,20,21,22);1-7,12H,8H2,(H2,22,23,24);2-8,13H,9H2,1H3,(H2,19,20,21);1-6,12H,7H2,(H2,20,21,22);1-6,11H,7H2,(H2,20,21,22). The third-order valence-corrected chi connectivity index (χ3v) is 21.0. The van der Waals surface area contributed by atoms with Crippen LogP contribution in [-0.4, -0.2) is 79.7 Å². The normalized spacial score (nSPS) is 16.0. The predicted molar refractivity (Wildman–Crippen MR) is 441 cm³/mol. The fourth-order valence-corrected chi connectivity index (χ4v) is 15.4. The lowest BCUT2D eigenvalue weighted by Gasteiger charge is -2.15. The number of cyclic esters (lactones) is 5. The number of halogens is 7. The number of alkyl halides is 3. The molecule has 15 heterocycles. The molecule has 0 aliphatic carbocycles. The lowest BCUT2D eigenvalue weighted by molar-refractivity contribution is -0.138. The van der Waals surface area contributed by atoms with Crippen molar-refractivity contribution < 1.29 is 91.7 Å². The first kappa shape index (κ1) is 84.1. The van der Waals surface area contributed by atoms with E-state index in [0.29, 0.717) is 86.7 Å². The van der Waals surface area contributed by atoms with Crippen molar-refractivity contribution in [1.29, 1.82) is 0 Å². The Kier molecular flexibility index (Phi) is 23.5. The first-order valence-corrected chi connectivity index (χ1v) is 39.1. The molecule has 37 heteroatoms. The van der Waals surface area contributed by atoms with Gasteiger partial charge in [-0.2, -0.15) is 13.2 Å². The van der Waals surface area contributed by atoms with Crippen LogP contribution in [-0.2, 0) is 62.0 Å². The number of carbonyl (C=O) groups excluding carboxylic acids is 5. The van der Waals surface area contributed by atoms with Crippen LogP contribution < -0.4 is 28.7 Å². The van der Waals surface area contributed by atoms with Crippen molar-refractivity contribution in [2.75, 3.05) is 28.7 Å². The number of esters is 5. The van der Waals surface area contributed by atoms with Crippen molar-refractivity contribution in [3.63, 3.8) is 0 Å². The fourth-order valence-electron chi connectivity index (χ4n) is 15.0. The number of anilines is 5. The summed E-state index contributed by atoms with van der Waals surface area (Å²) >= 11 is 11.9. The van der Waals surface area contributed by atoms with Crippen molar-refractivity contribution in [2.45, 2.75) is 89.6 Å². The quantitative estimate of drug-likeness (QED) is 0.0361. The van der Waals surface area contributed by atoms with Crippen LogP contribution in [0, 0.1) is 32.4 Å². The number of fused-ring (bicyclic) bond motifs is 5. The average Bonchev–Trinajstić information content (AvgIpc) is 1.63. The van der Waals surface area contributed by atoms with E-state index in [0.717, 1.165) is 33.9 Å². The molecule has 5 unspecified atom stereocenters. The van der Waals surface area contributed by atoms with Crippen LogP contribution in [0.1, 0.15) is 161 Å². The van der Waals surface area contributed by atoms with Crippen molar-refractivity contribution in [3.8, 4) is 57.3 Å². The van der Waals surface area contributed by atoms with Gasteiger partial charge in [-0.25, -0.2) is 82.6 Å². The van der Waals surface area contributed by atoms with E-state index < -0.39 is 83.7 Å². The highest BCUT2D eigenvalue weighted by atomic mass is 35.5. The van der Waals surface area contributed by atoms with Crippen LogP contribution in [0.4, 0.5) is 51.7 Å². The minimum absolute atomic E-state index is 0.000484. The van der Waals surface area contributed by atoms with E-state index in [4.69, 9.17) is 97.6 Å². The Balaban J connectivity index is 0.000000116. The van der Waals surface area contributed by atoms with E-state index in [9.17, 15) is 45.9 Å². The van der Waals surface area contributed by atoms with E-state index >= 15 is 0 Å². The zero-order valence-corrected chi connectivity index (χ0v) is 67.5. The maximum atomic E-state index is 14.2. The zero-order valence-electron chi connectivity index (χ0n) is 66.0. The number of furan rings is 5. The molecule has 126 heavy (non-hydrogen) atoms. The molecule has 0 saturated heterocycles. The molecule has 0 fully saturated rings. The number of benzene rings is 5. The Hall–Kier alpha value is -15.5. The third-order valence-electron chi connectivity index (χ3n) is 20.3. The highest BCUT2D eigenvalue weighted by molar-refractivity contribution is 6.31. The van der Waals surface area contributed by atoms with Crippen molar-refractivity contribution in [1.82, 2.24) is 49.8 Å². The summed E-state index contributed by atoms with van der Waals surface area (Å²) in [6.45, 7) is 6.11. The van der Waals surface area contributed by atoms with E-state index in [1.807, 2.05) is 45.0 Å². The summed E-state index contributed by atoms with van der Waals surface area (Å²) in [4.78, 5) is 103. The van der Waals surface area contributed by atoms with Gasteiger partial charge in [0.15, 0.2) is 28.8 Å². The second kappa shape index (κ2) is 35.1. The maximum Gasteiger partial charge on any atom is 0.416 e. The molecule has 10 aromatic heterocycles. The molecule has 0 saturated carbocycles. The Bertz CT molecular complexity index is 6670. The van der Waals surface area contributed by atoms with Crippen molar-refractivity contribution >= 4 is 82.8 Å². The molecule has 0 bridgehead atoms. The van der Waals surface area contributed by atoms with Crippen LogP contribution in [0.5, 0.6) is 0 Å². The molecule has 15 aromatic rings. The van der Waals surface area contributed by atoms with Gasteiger partial charge < -0.3 is 74.4 Å². The number of nitrogens with two attached hydrogens (primary N) is 5. The predicted octanol–water partition coefficient (Wildman–Crippen LogP) is 17.4. The summed E-state index contributed by atoms with van der Waals surface area (Å²) in [5.74, 6) is -1.93. The van der Waals surface area contributed by atoms with Gasteiger partial charge in [0.1, 0.15) is 127 Å². The molecule has 636 valence electrons. The van der Waals surface area contributed by atoms with Crippen molar-refractivity contribution in [2.24, 2.45) is 0 Å². The van der Waals surface area contributed by atoms with Crippen LogP contribution in [0.2, 0.25) is 10.0 Å². The molecule has 5 atom stereocenters. The Morgan fingerprint density at radius 2 is 0.651 bits per heavy atom. The van der Waals surface area contributed by atoms with Gasteiger partial charge in [-0.05, 0) is 134 Å². The first-order chi connectivity index (χ1) is 60.6. The monoisotopic (exact) mass is 1750 g/mol. The zero-order chi connectivity index (χ0) is 88.5. The first-order valence-electron chi connectivity index (χ1n) is 38.3. The molecule has 5 aromatic carbocycles. The van der Waals surface area contributed by atoms with E-state index in [1.54, 1.807) is 78.9 Å². The van der Waals surface area contributed by atoms with Crippen LogP contribution in [0.25, 0.3) is 57.3 Å². The van der Waals surface area contributed by atoms with Gasteiger partial charge in [0.2, 0.25) is 29.7 Å². The number of ether oxygens (including phenoxy) is 5. The molecule has 30 nitrogen and oxygen atoms in total. The minimum atomic E-state index is -4.52. The van der Waals surface area contributed by atoms with E-state index in [-0.39, 0.29) is 115 Å². The van der Waals surface area contributed by atoms with Gasteiger partial charge in [-0.15, -0.1) is 0 Å². The number of nitrogen functional groups attached to an aromatic ring is 5. The Morgan fingerprint density at radius 1 is 0.341 bits per heavy atom. The topological polar surface area (TPSA) is 456 Å². The third kappa shape index (κ3) is 17.5. The highest BCUT2D eigenvalue weighted by Gasteiger charge is 2.44. The summed E-state index contributed by atoms with van der Waals surface area (Å²) in [6, 6.07) is 45.1. The number of hydrogen-bond acceptors (Lipinski definition) is 30. The molecule has 5 aliphatic rings. The number of rotatable bonds is 15. The number of aryl methyl sites for hydroxylation is 3. The maximum absolute atomic E-state index is 14.2. The minimum Gasteiger partial charge on any atom is -0.463 e. The second-order valence-corrected chi connectivity index (χ2v) is 29.6. The lowest BCUT2D eigenvalue weighted by Crippen LogP contribution is -2.12. The highest BCUT2D eigenvalue weighted by Crippen LogP contribution is 2.46. The fraction of sp³-hybridized carbons (Fsp3) is 0.157. The van der Waals surface area contributed by atoms with Gasteiger partial charge in [-0.1, -0.05) is 113 Å². The number of carbonyl (C=O) groups is 5. The average molecular weight is 1750 g/mol. The molecule has 5 aliphatic heterocycles. The largest absolute Gasteiger partial charge is 0.463 e. The molecule has 0 spiro atoms. The van der Waals surface area contributed by atoms with E-state index in [1.165, 1.54) is 67.7 Å². The smallest absolute Gasteiger partial charge is 0.416 e. The molecule has 10 N–H and O–H groups in total. The SMILES string of the molecule is Cc1cc(C)cc(CC2OC(=O)c3c(-c4ccco4)nc(N)nc32)c1.Cc1ccccc1CC1OC(=O)c2c(-c3ccco3)nc(N)nc21.Nc1nc(-c2ccco2)c2c(n1)C(Cc1c(F)cccc1Cl)OC2=O.Nc1nc(-c2ccco2)c2c(n1)C(Cc1cccc(Cl)c1F)OC2=O.Nc1nc(-c2ccco2)c2c(n1)C(Cc1ccccc1C(F)(F)F)OC2=O.